The van der Waals surface area contributed by atoms with Crippen molar-refractivity contribution in [3.8, 4) is 5.75 Å². The van der Waals surface area contributed by atoms with Crippen molar-refractivity contribution in [1.82, 2.24) is 19.5 Å². The Morgan fingerprint density at radius 2 is 1.58 bits per heavy atom. The number of carbonyl (C=O) groups excluding carboxylic acids is 3. The number of anilines is 1. The van der Waals surface area contributed by atoms with E-state index in [0.29, 0.717) is 16.4 Å². The van der Waals surface area contributed by atoms with Crippen molar-refractivity contribution in [2.45, 2.75) is 72.3 Å². The Kier molecular flexibility index (Phi) is 9.89. The van der Waals surface area contributed by atoms with Gasteiger partial charge in [0.1, 0.15) is 41.9 Å². The second-order valence-corrected chi connectivity index (χ2v) is 12.4. The van der Waals surface area contributed by atoms with Gasteiger partial charge in [-0.05, 0) is 24.3 Å². The lowest BCUT2D eigenvalue weighted by Gasteiger charge is -2.26. The minimum Gasteiger partial charge on any atom is -0.491 e. The van der Waals surface area contributed by atoms with Gasteiger partial charge in [-0.1, -0.05) is 47.6 Å². The molecule has 0 saturated carbocycles. The third kappa shape index (κ3) is 7.35. The summed E-state index contributed by atoms with van der Waals surface area (Å²) in [6, 6.07) is 8.40. The molecule has 0 bridgehead atoms. The molecule has 15 heteroatoms. The lowest BCUT2D eigenvalue weighted by Crippen LogP contribution is -2.42. The number of alkyl halides is 3. The van der Waals surface area contributed by atoms with Gasteiger partial charge in [0.05, 0.1) is 22.7 Å². The third-order valence-corrected chi connectivity index (χ3v) is 7.65. The Bertz CT molecular complexity index is 1820. The molecule has 1 N–H and O–H groups in total. The van der Waals surface area contributed by atoms with Gasteiger partial charge in [0, 0.05) is 23.6 Å². The minimum absolute atomic E-state index is 0.0675. The van der Waals surface area contributed by atoms with Gasteiger partial charge < -0.3 is 28.8 Å². The minimum atomic E-state index is -4.62. The summed E-state index contributed by atoms with van der Waals surface area (Å²) in [7, 11) is 0. The zero-order valence-electron chi connectivity index (χ0n) is 27.1. The molecule has 1 amide bonds. The van der Waals surface area contributed by atoms with Crippen LogP contribution in [-0.2, 0) is 34.8 Å². The molecule has 1 aliphatic heterocycles. The fraction of sp³-hybridized carbons (Fsp3) is 0.455. The van der Waals surface area contributed by atoms with Gasteiger partial charge in [-0.15, -0.1) is 0 Å². The molecule has 1 fully saturated rings. The third-order valence-electron chi connectivity index (χ3n) is 7.65. The fourth-order valence-corrected chi connectivity index (χ4v) is 4.93. The second-order valence-electron chi connectivity index (χ2n) is 12.4. The summed E-state index contributed by atoms with van der Waals surface area (Å²) in [5, 5.41) is 3.74. The highest BCUT2D eigenvalue weighted by Gasteiger charge is 2.51. The highest BCUT2D eigenvalue weighted by molar-refractivity contribution is 5.99. The summed E-state index contributed by atoms with van der Waals surface area (Å²) < 4.78 is 65.6. The maximum Gasteiger partial charge on any atom is 0.433 e. The molecular formula is C33H36F3N5O7. The van der Waals surface area contributed by atoms with Crippen LogP contribution in [0.5, 0.6) is 5.75 Å². The first-order valence-corrected chi connectivity index (χ1v) is 15.4. The van der Waals surface area contributed by atoms with Gasteiger partial charge >= 0.3 is 18.1 Å². The smallest absolute Gasteiger partial charge is 0.433 e. The van der Waals surface area contributed by atoms with Crippen LogP contribution in [0.2, 0.25) is 0 Å². The van der Waals surface area contributed by atoms with Crippen LogP contribution in [0.1, 0.15) is 53.5 Å². The van der Waals surface area contributed by atoms with E-state index in [-0.39, 0.29) is 35.5 Å². The zero-order valence-corrected chi connectivity index (χ0v) is 27.1. The van der Waals surface area contributed by atoms with Crippen LogP contribution in [0.15, 0.2) is 48.9 Å². The SMILES string of the molecule is CC(C)C(=O)Nc1ncnc2c1ccn2[C@@H]1O[C@H](COc2ccc3ccc(C(F)(F)F)nc3c2)[C@@H](OC(=O)C(C)C)[C@H]1OC(=O)C(C)C. The van der Waals surface area contributed by atoms with E-state index in [1.54, 1.807) is 70.5 Å². The maximum atomic E-state index is 13.3. The highest BCUT2D eigenvalue weighted by Crippen LogP contribution is 2.38. The molecule has 0 unspecified atom stereocenters. The summed E-state index contributed by atoms with van der Waals surface area (Å²) in [4.78, 5) is 50.7. The van der Waals surface area contributed by atoms with Gasteiger partial charge in [0.15, 0.2) is 18.4 Å². The fourth-order valence-electron chi connectivity index (χ4n) is 4.93. The van der Waals surface area contributed by atoms with Gasteiger partial charge in [-0.2, -0.15) is 13.2 Å². The quantitative estimate of drug-likeness (QED) is 0.208. The number of ether oxygens (including phenoxy) is 4. The van der Waals surface area contributed by atoms with Crippen LogP contribution >= 0.6 is 0 Å². The molecule has 1 saturated heterocycles. The number of hydrogen-bond donors (Lipinski definition) is 1. The summed E-state index contributed by atoms with van der Waals surface area (Å²) in [5.41, 5.74) is -0.631. The molecule has 3 aromatic heterocycles. The maximum absolute atomic E-state index is 13.3. The van der Waals surface area contributed by atoms with Crippen LogP contribution < -0.4 is 10.1 Å². The van der Waals surface area contributed by atoms with E-state index in [2.05, 4.69) is 20.3 Å². The normalized spacial score (nSPS) is 19.8. The molecule has 4 heterocycles. The molecule has 1 aromatic carbocycles. The number of benzene rings is 1. The Morgan fingerprint density at radius 3 is 2.23 bits per heavy atom. The number of hydrogen-bond acceptors (Lipinski definition) is 10. The molecule has 5 rings (SSSR count). The number of carbonyl (C=O) groups is 3. The number of pyridine rings is 1. The van der Waals surface area contributed by atoms with Crippen LogP contribution in [0.25, 0.3) is 21.9 Å². The van der Waals surface area contributed by atoms with E-state index in [0.717, 1.165) is 6.07 Å². The van der Waals surface area contributed by atoms with Gasteiger partial charge in [-0.25, -0.2) is 15.0 Å². The summed E-state index contributed by atoms with van der Waals surface area (Å²) >= 11 is 0. The molecule has 0 spiro atoms. The largest absolute Gasteiger partial charge is 0.491 e. The van der Waals surface area contributed by atoms with E-state index >= 15 is 0 Å². The molecule has 4 aromatic rings. The van der Waals surface area contributed by atoms with E-state index in [9.17, 15) is 27.6 Å². The Labute approximate surface area is 273 Å². The Morgan fingerprint density at radius 1 is 0.917 bits per heavy atom. The first kappa shape index (κ1) is 34.5. The number of esters is 2. The predicted molar refractivity (Wildman–Crippen MR) is 167 cm³/mol. The van der Waals surface area contributed by atoms with Crippen molar-refractivity contribution in [2.24, 2.45) is 17.8 Å². The van der Waals surface area contributed by atoms with Crippen molar-refractivity contribution in [2.75, 3.05) is 11.9 Å². The summed E-state index contributed by atoms with van der Waals surface area (Å²) in [6.07, 6.45) is -6.11. The van der Waals surface area contributed by atoms with Gasteiger partial charge in [-0.3, -0.25) is 14.4 Å². The summed E-state index contributed by atoms with van der Waals surface area (Å²) in [6.45, 7) is 9.86. The Balaban J connectivity index is 1.50. The molecule has 0 aliphatic carbocycles. The van der Waals surface area contributed by atoms with Gasteiger partial charge in [0.2, 0.25) is 5.91 Å². The topological polar surface area (TPSA) is 144 Å². The van der Waals surface area contributed by atoms with E-state index < -0.39 is 60.2 Å². The van der Waals surface area contributed by atoms with Crippen LogP contribution in [-0.4, -0.2) is 62.3 Å². The second kappa shape index (κ2) is 13.7. The molecular weight excluding hydrogens is 635 g/mol. The van der Waals surface area contributed by atoms with Crippen molar-refractivity contribution < 1.29 is 46.5 Å². The average Bonchev–Trinajstić information content (AvgIpc) is 3.60. The van der Waals surface area contributed by atoms with Crippen molar-refractivity contribution in [1.29, 1.82) is 0 Å². The molecule has 4 atom stereocenters. The number of aromatic nitrogens is 4. The molecule has 256 valence electrons. The number of nitrogens with one attached hydrogen (secondary N) is 1. The van der Waals surface area contributed by atoms with Crippen molar-refractivity contribution in [3.05, 3.63) is 54.6 Å². The van der Waals surface area contributed by atoms with Crippen LogP contribution in [0.4, 0.5) is 19.0 Å². The number of halogens is 3. The van der Waals surface area contributed by atoms with E-state index in [4.69, 9.17) is 18.9 Å². The number of nitrogens with zero attached hydrogens (tertiary/aromatic N) is 4. The zero-order chi connectivity index (χ0) is 34.9. The first-order chi connectivity index (χ1) is 22.6. The Hall–Kier alpha value is -4.79. The molecule has 1 aliphatic rings. The van der Waals surface area contributed by atoms with Gasteiger partial charge in [0.25, 0.3) is 0 Å². The highest BCUT2D eigenvalue weighted by atomic mass is 19.4. The van der Waals surface area contributed by atoms with Crippen LogP contribution in [0.3, 0.4) is 0 Å². The number of fused-ring (bicyclic) bond motifs is 2. The standard InChI is InChI=1S/C33H36F3N5O7/c1-16(2)29(42)40-27-21-11-12-41(28(21)38-15-37-27)30-26(48-32(44)18(5)6)25(47-31(43)17(3)4)23(46-30)14-45-20-9-7-19-8-10-24(33(34,35)36)39-22(19)13-20/h7-13,15-18,23,25-26,30H,14H2,1-6H3,(H,37,38,40,42)/t23-,25-,26-,30-/m1/s1. The van der Waals surface area contributed by atoms with Crippen molar-refractivity contribution >= 4 is 45.6 Å². The lowest BCUT2D eigenvalue weighted by atomic mass is 10.1. The summed E-state index contributed by atoms with van der Waals surface area (Å²) in [5.74, 6) is -2.31. The van der Waals surface area contributed by atoms with E-state index in [1.807, 2.05) is 0 Å². The van der Waals surface area contributed by atoms with Crippen LogP contribution in [0, 0.1) is 17.8 Å². The number of rotatable bonds is 10. The first-order valence-electron chi connectivity index (χ1n) is 15.4. The monoisotopic (exact) mass is 671 g/mol. The van der Waals surface area contributed by atoms with Crippen molar-refractivity contribution in [3.63, 3.8) is 0 Å². The molecule has 12 nitrogen and oxygen atoms in total. The molecule has 0 radical (unpaired) electrons. The lowest BCUT2D eigenvalue weighted by molar-refractivity contribution is -0.172. The molecule has 48 heavy (non-hydrogen) atoms. The average molecular weight is 672 g/mol. The number of amides is 1. The van der Waals surface area contributed by atoms with E-state index in [1.165, 1.54) is 18.5 Å². The predicted octanol–water partition coefficient (Wildman–Crippen LogP) is 5.70.